The molecule has 8 nitrogen and oxygen atoms in total. The molecule has 0 heterocycles. The molecule has 0 fully saturated rings. The zero-order chi connectivity index (χ0) is 23.1. The molecule has 0 aliphatic heterocycles. The molecule has 31 heavy (non-hydrogen) atoms. The Morgan fingerprint density at radius 2 is 1.13 bits per heavy atom. The van der Waals surface area contributed by atoms with Crippen LogP contribution < -0.4 is 5.32 Å². The van der Waals surface area contributed by atoms with E-state index in [9.17, 15) is 24.3 Å². The highest BCUT2D eigenvalue weighted by molar-refractivity contribution is 5.96. The summed E-state index contributed by atoms with van der Waals surface area (Å²) >= 11 is 0. The first-order valence-corrected chi connectivity index (χ1v) is 9.67. The van der Waals surface area contributed by atoms with Crippen molar-refractivity contribution in [3.05, 3.63) is 70.8 Å². The molecular weight excluding hydrogens is 402 g/mol. The highest BCUT2D eigenvalue weighted by Crippen LogP contribution is 2.14. The Kier molecular flexibility index (Phi) is 7.90. The molecule has 2 aromatic carbocycles. The molecule has 2 unspecified atom stereocenters. The van der Waals surface area contributed by atoms with Gasteiger partial charge in [0.1, 0.15) is 0 Å². The fraction of sp³-hybridized carbons (Fsp3) is 0.304. The minimum absolute atomic E-state index is 0.102. The lowest BCUT2D eigenvalue weighted by atomic mass is 10.1. The fourth-order valence-corrected chi connectivity index (χ4v) is 2.61. The number of esters is 2. The lowest BCUT2D eigenvalue weighted by Crippen LogP contribution is -2.51. The zero-order valence-corrected chi connectivity index (χ0v) is 17.7. The lowest BCUT2D eigenvalue weighted by Gasteiger charge is -2.24. The van der Waals surface area contributed by atoms with Gasteiger partial charge in [0, 0.05) is 6.04 Å². The summed E-state index contributed by atoms with van der Waals surface area (Å²) < 4.78 is 10.3. The molecular formula is C23H25NO7. The number of ether oxygens (including phenoxy) is 2. The van der Waals surface area contributed by atoms with Crippen LogP contribution in [0.1, 0.15) is 45.7 Å². The van der Waals surface area contributed by atoms with Gasteiger partial charge < -0.3 is 19.9 Å². The van der Waals surface area contributed by atoms with Crippen molar-refractivity contribution < 1.29 is 33.8 Å². The second kappa shape index (κ2) is 10.4. The van der Waals surface area contributed by atoms with E-state index in [-0.39, 0.29) is 17.2 Å². The van der Waals surface area contributed by atoms with Crippen molar-refractivity contribution in [1.29, 1.82) is 0 Å². The average Bonchev–Trinajstić information content (AvgIpc) is 2.70. The van der Waals surface area contributed by atoms with E-state index in [4.69, 9.17) is 9.47 Å². The quantitative estimate of drug-likeness (QED) is 0.622. The Morgan fingerprint density at radius 1 is 0.742 bits per heavy atom. The predicted octanol–water partition coefficient (Wildman–Crippen LogP) is 2.66. The molecule has 0 aliphatic carbocycles. The molecule has 2 rings (SSSR count). The Bertz CT molecular complexity index is 949. The summed E-state index contributed by atoms with van der Waals surface area (Å²) in [6.07, 6.45) is -3.93. The summed E-state index contributed by atoms with van der Waals surface area (Å²) in [5.74, 6) is -4.39. The fourth-order valence-electron chi connectivity index (χ4n) is 2.61. The van der Waals surface area contributed by atoms with Crippen molar-refractivity contribution >= 4 is 23.8 Å². The van der Waals surface area contributed by atoms with Crippen molar-refractivity contribution in [2.24, 2.45) is 0 Å². The van der Waals surface area contributed by atoms with Gasteiger partial charge in [0.2, 0.25) is 12.2 Å². The number of hydrogen-bond donors (Lipinski definition) is 2. The summed E-state index contributed by atoms with van der Waals surface area (Å²) in [6.45, 7) is 6.97. The number of amides is 1. The number of rotatable bonds is 8. The van der Waals surface area contributed by atoms with Crippen LogP contribution in [0.4, 0.5) is 0 Å². The molecule has 0 saturated heterocycles. The van der Waals surface area contributed by atoms with Crippen molar-refractivity contribution in [2.45, 2.75) is 45.9 Å². The smallest absolute Gasteiger partial charge is 0.349 e. The molecule has 0 radical (unpaired) electrons. The number of carbonyl (C=O) groups is 4. The molecule has 0 aliphatic rings. The second-order valence-corrected chi connectivity index (χ2v) is 7.39. The maximum atomic E-state index is 12.6. The average molecular weight is 427 g/mol. The Labute approximate surface area is 180 Å². The van der Waals surface area contributed by atoms with E-state index in [2.05, 4.69) is 5.32 Å². The molecule has 0 saturated carbocycles. The van der Waals surface area contributed by atoms with Crippen molar-refractivity contribution in [1.82, 2.24) is 5.32 Å². The largest absolute Gasteiger partial charge is 0.478 e. The van der Waals surface area contributed by atoms with Crippen LogP contribution in [0, 0.1) is 13.8 Å². The van der Waals surface area contributed by atoms with Gasteiger partial charge in [-0.3, -0.25) is 4.79 Å². The third-order valence-electron chi connectivity index (χ3n) is 4.25. The normalized spacial score (nSPS) is 12.5. The minimum atomic E-state index is -2.04. The SMILES string of the molecule is Cc1ccc(C(=O)OC(C(=O)O)C(OC(=O)c2ccc(C)cc2)C(=O)NC(C)C)cc1. The zero-order valence-electron chi connectivity index (χ0n) is 17.7. The highest BCUT2D eigenvalue weighted by atomic mass is 16.6. The predicted molar refractivity (Wildman–Crippen MR) is 112 cm³/mol. The Morgan fingerprint density at radius 3 is 1.48 bits per heavy atom. The molecule has 0 spiro atoms. The number of aliphatic carboxylic acids is 1. The van der Waals surface area contributed by atoms with Crippen LogP contribution in [0.5, 0.6) is 0 Å². The Hall–Kier alpha value is -3.68. The third-order valence-corrected chi connectivity index (χ3v) is 4.25. The number of carboxylic acid groups (broad SMARTS) is 1. The maximum absolute atomic E-state index is 12.6. The van der Waals surface area contributed by atoms with E-state index in [1.54, 1.807) is 38.1 Å². The van der Waals surface area contributed by atoms with Crippen LogP contribution in [0.15, 0.2) is 48.5 Å². The van der Waals surface area contributed by atoms with Gasteiger partial charge in [-0.05, 0) is 52.0 Å². The molecule has 0 aromatic heterocycles. The summed E-state index contributed by atoms with van der Waals surface area (Å²) in [6, 6.07) is 12.2. The molecule has 1 amide bonds. The van der Waals surface area contributed by atoms with Crippen molar-refractivity contribution in [3.8, 4) is 0 Å². The van der Waals surface area contributed by atoms with Crippen LogP contribution in [0.25, 0.3) is 0 Å². The van der Waals surface area contributed by atoms with E-state index >= 15 is 0 Å². The minimum Gasteiger partial charge on any atom is -0.478 e. The summed E-state index contributed by atoms with van der Waals surface area (Å²) in [4.78, 5) is 49.5. The molecule has 8 heteroatoms. The molecule has 2 atom stereocenters. The van der Waals surface area contributed by atoms with Crippen LogP contribution in [0.2, 0.25) is 0 Å². The summed E-state index contributed by atoms with van der Waals surface area (Å²) in [5, 5.41) is 12.1. The van der Waals surface area contributed by atoms with Gasteiger partial charge in [0.25, 0.3) is 5.91 Å². The first kappa shape index (κ1) is 23.6. The Balaban J connectivity index is 2.30. The topological polar surface area (TPSA) is 119 Å². The molecule has 164 valence electrons. The van der Waals surface area contributed by atoms with Gasteiger partial charge in [0.15, 0.2) is 0 Å². The van der Waals surface area contributed by atoms with E-state index in [0.29, 0.717) is 0 Å². The van der Waals surface area contributed by atoms with E-state index in [1.165, 1.54) is 24.3 Å². The van der Waals surface area contributed by atoms with Gasteiger partial charge in [-0.2, -0.15) is 0 Å². The van der Waals surface area contributed by atoms with Crippen LogP contribution >= 0.6 is 0 Å². The van der Waals surface area contributed by atoms with Gasteiger partial charge in [-0.15, -0.1) is 0 Å². The van der Waals surface area contributed by atoms with Gasteiger partial charge in [-0.1, -0.05) is 35.4 Å². The standard InChI is InChI=1S/C23H25NO7/c1-13(2)24-20(25)18(30-22(28)16-9-5-14(3)6-10-16)19(21(26)27)31-23(29)17-11-7-15(4)8-12-17/h5-13,18-19H,1-4H3,(H,24,25)(H,26,27). The van der Waals surface area contributed by atoms with Crippen LogP contribution in [-0.2, 0) is 19.1 Å². The van der Waals surface area contributed by atoms with Crippen LogP contribution in [-0.4, -0.2) is 47.2 Å². The first-order chi connectivity index (χ1) is 14.6. The molecule has 0 bridgehead atoms. The maximum Gasteiger partial charge on any atom is 0.349 e. The molecule has 2 aromatic rings. The van der Waals surface area contributed by atoms with Crippen LogP contribution in [0.3, 0.4) is 0 Å². The first-order valence-electron chi connectivity index (χ1n) is 9.67. The number of aryl methyl sites for hydroxylation is 2. The number of nitrogens with one attached hydrogen (secondary N) is 1. The number of carbonyl (C=O) groups excluding carboxylic acids is 3. The summed E-state index contributed by atoms with van der Waals surface area (Å²) in [7, 11) is 0. The van der Waals surface area contributed by atoms with Gasteiger partial charge in [0.05, 0.1) is 11.1 Å². The number of benzene rings is 2. The number of hydrogen-bond acceptors (Lipinski definition) is 6. The molecule has 2 N–H and O–H groups in total. The second-order valence-electron chi connectivity index (χ2n) is 7.39. The van der Waals surface area contributed by atoms with E-state index < -0.39 is 36.0 Å². The number of carboxylic acids is 1. The van der Waals surface area contributed by atoms with Crippen molar-refractivity contribution in [2.75, 3.05) is 0 Å². The monoisotopic (exact) mass is 427 g/mol. The van der Waals surface area contributed by atoms with Gasteiger partial charge >= 0.3 is 17.9 Å². The third kappa shape index (κ3) is 6.67. The van der Waals surface area contributed by atoms with Crippen molar-refractivity contribution in [3.63, 3.8) is 0 Å². The highest BCUT2D eigenvalue weighted by Gasteiger charge is 2.41. The van der Waals surface area contributed by atoms with Gasteiger partial charge in [-0.25, -0.2) is 14.4 Å². The summed E-state index contributed by atoms with van der Waals surface area (Å²) in [5.41, 5.74) is 2.03. The van der Waals surface area contributed by atoms with E-state index in [1.807, 2.05) is 13.8 Å². The van der Waals surface area contributed by atoms with E-state index in [0.717, 1.165) is 11.1 Å². The lowest BCUT2D eigenvalue weighted by molar-refractivity contribution is -0.159.